The molecule has 2 unspecified atom stereocenters. The van der Waals surface area contributed by atoms with E-state index in [4.69, 9.17) is 16.3 Å². The molecule has 2 aromatic carbocycles. The number of hydrogen-bond acceptors (Lipinski definition) is 3. The number of alkyl halides is 1. The Morgan fingerprint density at radius 3 is 2.44 bits per heavy atom. The van der Waals surface area contributed by atoms with Gasteiger partial charge in [0.1, 0.15) is 11.0 Å². The number of aryl methyl sites for hydroxylation is 2. The Kier molecular flexibility index (Phi) is 6.35. The van der Waals surface area contributed by atoms with E-state index in [1.54, 1.807) is 4.31 Å². The van der Waals surface area contributed by atoms with Gasteiger partial charge in [0, 0.05) is 0 Å². The fourth-order valence-corrected chi connectivity index (χ4v) is 5.36. The molecule has 4 nitrogen and oxygen atoms in total. The van der Waals surface area contributed by atoms with Crippen molar-refractivity contribution in [2.24, 2.45) is 0 Å². The van der Waals surface area contributed by atoms with Crippen molar-refractivity contribution in [3.63, 3.8) is 0 Å². The van der Waals surface area contributed by atoms with Crippen LogP contribution in [0, 0.1) is 6.92 Å². The highest BCUT2D eigenvalue weighted by molar-refractivity contribution is 7.83. The number of nitrogens with zero attached hydrogens (tertiary/aromatic N) is 1. The van der Waals surface area contributed by atoms with Crippen molar-refractivity contribution >= 4 is 28.6 Å². The smallest absolute Gasteiger partial charge is 0.344 e. The Hall–Kier alpha value is -1.69. The van der Waals surface area contributed by atoms with Crippen molar-refractivity contribution in [1.29, 1.82) is 0 Å². The SMILES string of the molecule is COC(=O)[C@]1(Cl)[C@H](CCCCc2ccccc2)N1S(=O)c1ccc(C)cc1. The van der Waals surface area contributed by atoms with Crippen LogP contribution in [0.25, 0.3) is 0 Å². The van der Waals surface area contributed by atoms with Crippen molar-refractivity contribution in [2.75, 3.05) is 7.11 Å². The van der Waals surface area contributed by atoms with Gasteiger partial charge in [0.25, 0.3) is 0 Å². The number of methoxy groups -OCH3 is 1. The molecule has 6 heteroatoms. The maximum absolute atomic E-state index is 13.0. The zero-order chi connectivity index (χ0) is 19.4. The maximum Gasteiger partial charge on any atom is 0.344 e. The number of esters is 1. The molecule has 1 heterocycles. The maximum atomic E-state index is 13.0. The molecule has 1 fully saturated rings. The van der Waals surface area contributed by atoms with Crippen molar-refractivity contribution in [2.45, 2.75) is 48.5 Å². The lowest BCUT2D eigenvalue weighted by atomic mass is 10.1. The van der Waals surface area contributed by atoms with E-state index in [1.807, 2.05) is 49.4 Å². The van der Waals surface area contributed by atoms with Gasteiger partial charge in [-0.3, -0.25) is 0 Å². The Morgan fingerprint density at radius 1 is 1.15 bits per heavy atom. The lowest BCUT2D eigenvalue weighted by Crippen LogP contribution is -2.26. The summed E-state index contributed by atoms with van der Waals surface area (Å²) in [6.07, 6.45) is 3.55. The van der Waals surface area contributed by atoms with E-state index < -0.39 is 22.0 Å². The normalized spacial score (nSPS) is 25.0. The summed E-state index contributed by atoms with van der Waals surface area (Å²) < 4.78 is 19.4. The fraction of sp³-hybridized carbons (Fsp3) is 0.381. The quantitative estimate of drug-likeness (QED) is 0.217. The van der Waals surface area contributed by atoms with Gasteiger partial charge < -0.3 is 4.74 Å². The molecule has 1 saturated heterocycles. The second-order valence-electron chi connectivity index (χ2n) is 6.80. The Morgan fingerprint density at radius 2 is 1.81 bits per heavy atom. The average Bonchev–Trinajstić information content (AvgIpc) is 3.30. The van der Waals surface area contributed by atoms with Gasteiger partial charge >= 0.3 is 5.97 Å². The summed E-state index contributed by atoms with van der Waals surface area (Å²) in [7, 11) is -0.185. The van der Waals surface area contributed by atoms with Gasteiger partial charge in [-0.15, -0.1) is 0 Å². The molecule has 0 aliphatic carbocycles. The van der Waals surface area contributed by atoms with Crippen LogP contribution in [-0.2, 0) is 26.9 Å². The second kappa shape index (κ2) is 8.55. The van der Waals surface area contributed by atoms with E-state index in [9.17, 15) is 9.00 Å². The first-order chi connectivity index (χ1) is 13.0. The Bertz CT molecular complexity index is 812. The van der Waals surface area contributed by atoms with Gasteiger partial charge in [-0.2, -0.15) is 4.31 Å². The van der Waals surface area contributed by atoms with Gasteiger partial charge in [0.05, 0.1) is 18.0 Å². The zero-order valence-electron chi connectivity index (χ0n) is 15.6. The standard InChI is InChI=1S/C21H24ClNO3S/c1-16-12-14-18(15-13-16)27(25)23-19(21(23,22)20(24)26-2)11-7-6-10-17-8-4-3-5-9-17/h3-5,8-9,12-15,19H,6-7,10-11H2,1-2H3/t19-,21-,23?,27?/m0/s1. The molecule has 1 aliphatic heterocycles. The van der Waals surface area contributed by atoms with Gasteiger partial charge in [-0.05, 0) is 43.9 Å². The lowest BCUT2D eigenvalue weighted by molar-refractivity contribution is -0.141. The van der Waals surface area contributed by atoms with Crippen molar-refractivity contribution in [3.8, 4) is 0 Å². The molecule has 0 aromatic heterocycles. The van der Waals surface area contributed by atoms with Crippen LogP contribution in [-0.4, -0.2) is 32.6 Å². The number of rotatable bonds is 8. The average molecular weight is 406 g/mol. The second-order valence-corrected chi connectivity index (χ2v) is 8.74. The lowest BCUT2D eigenvalue weighted by Gasteiger charge is -2.07. The molecule has 4 atom stereocenters. The van der Waals surface area contributed by atoms with Crippen LogP contribution in [0.4, 0.5) is 0 Å². The van der Waals surface area contributed by atoms with Crippen LogP contribution in [0.15, 0.2) is 59.5 Å². The predicted octanol–water partition coefficient (Wildman–Crippen LogP) is 4.22. The highest BCUT2D eigenvalue weighted by atomic mass is 35.5. The van der Waals surface area contributed by atoms with E-state index in [0.29, 0.717) is 11.3 Å². The molecule has 144 valence electrons. The van der Waals surface area contributed by atoms with E-state index in [-0.39, 0.29) is 6.04 Å². The number of hydrogen-bond donors (Lipinski definition) is 0. The first-order valence-electron chi connectivity index (χ1n) is 9.07. The van der Waals surface area contributed by atoms with Crippen molar-refractivity contribution in [1.82, 2.24) is 4.31 Å². The summed E-state index contributed by atoms with van der Waals surface area (Å²) in [5, 5.41) is 0. The first-order valence-corrected chi connectivity index (χ1v) is 10.6. The largest absolute Gasteiger partial charge is 0.467 e. The third kappa shape index (κ3) is 4.26. The van der Waals surface area contributed by atoms with E-state index in [0.717, 1.165) is 24.8 Å². The van der Waals surface area contributed by atoms with E-state index in [2.05, 4.69) is 12.1 Å². The predicted molar refractivity (Wildman–Crippen MR) is 108 cm³/mol. The molecule has 0 spiro atoms. The highest BCUT2D eigenvalue weighted by Crippen LogP contribution is 2.51. The van der Waals surface area contributed by atoms with Crippen LogP contribution < -0.4 is 0 Å². The monoisotopic (exact) mass is 405 g/mol. The minimum absolute atomic E-state index is 0.287. The van der Waals surface area contributed by atoms with Crippen molar-refractivity contribution < 1.29 is 13.7 Å². The third-order valence-corrected chi connectivity index (χ3v) is 7.15. The summed E-state index contributed by atoms with van der Waals surface area (Å²) >= 11 is 6.56. The summed E-state index contributed by atoms with van der Waals surface area (Å²) in [4.78, 5) is 11.5. The van der Waals surface area contributed by atoms with Gasteiger partial charge in [-0.1, -0.05) is 66.0 Å². The van der Waals surface area contributed by atoms with Gasteiger partial charge in [0.2, 0.25) is 5.00 Å². The summed E-state index contributed by atoms with van der Waals surface area (Å²) in [5.74, 6) is -0.544. The fourth-order valence-electron chi connectivity index (χ4n) is 3.29. The van der Waals surface area contributed by atoms with Crippen LogP contribution in [0.5, 0.6) is 0 Å². The van der Waals surface area contributed by atoms with Crippen LogP contribution in [0.3, 0.4) is 0 Å². The number of benzene rings is 2. The molecule has 27 heavy (non-hydrogen) atoms. The number of carbonyl (C=O) groups is 1. The van der Waals surface area contributed by atoms with Gasteiger partial charge in [-0.25, -0.2) is 9.00 Å². The molecule has 0 amide bonds. The summed E-state index contributed by atoms with van der Waals surface area (Å²) in [6, 6.07) is 17.4. The number of unbranched alkanes of at least 4 members (excludes halogenated alkanes) is 1. The molecule has 0 saturated carbocycles. The Labute approximate surface area is 168 Å². The van der Waals surface area contributed by atoms with Crippen molar-refractivity contribution in [3.05, 3.63) is 65.7 Å². The van der Waals surface area contributed by atoms with Crippen LogP contribution in [0.1, 0.15) is 30.4 Å². The minimum atomic E-state index is -1.49. The molecule has 0 bridgehead atoms. The van der Waals surface area contributed by atoms with E-state index >= 15 is 0 Å². The highest BCUT2D eigenvalue weighted by Gasteiger charge is 2.70. The first kappa shape index (κ1) is 20.1. The number of halogens is 1. The minimum Gasteiger partial charge on any atom is -0.467 e. The molecule has 3 rings (SSSR count). The van der Waals surface area contributed by atoms with E-state index in [1.165, 1.54) is 12.7 Å². The molecule has 0 N–H and O–H groups in total. The summed E-state index contributed by atoms with van der Waals surface area (Å²) in [6.45, 7) is 1.97. The molecule has 0 radical (unpaired) electrons. The number of ether oxygens (including phenoxy) is 1. The molecular weight excluding hydrogens is 382 g/mol. The van der Waals surface area contributed by atoms with Gasteiger partial charge in [0.15, 0.2) is 0 Å². The zero-order valence-corrected chi connectivity index (χ0v) is 17.1. The molecular formula is C21H24ClNO3S. The Balaban J connectivity index is 1.64. The molecule has 1 aliphatic rings. The topological polar surface area (TPSA) is 46.4 Å². The molecule has 2 aromatic rings. The summed E-state index contributed by atoms with van der Waals surface area (Å²) in [5.41, 5.74) is 2.38. The third-order valence-electron chi connectivity index (χ3n) is 4.89. The van der Waals surface area contributed by atoms with Crippen LogP contribution >= 0.6 is 11.6 Å². The van der Waals surface area contributed by atoms with Crippen LogP contribution in [0.2, 0.25) is 0 Å². The number of carbonyl (C=O) groups excluding carboxylic acids is 1.